The molecule has 0 aliphatic heterocycles. The van der Waals surface area contributed by atoms with Crippen molar-refractivity contribution in [2.24, 2.45) is 0 Å². The molecule has 0 saturated carbocycles. The van der Waals surface area contributed by atoms with Gasteiger partial charge >= 0.3 is 0 Å². The number of hydrogen-bond acceptors (Lipinski definition) is 2. The molecule has 0 amide bonds. The number of rotatable bonds is 7. The summed E-state index contributed by atoms with van der Waals surface area (Å²) in [5.41, 5.74) is 13.0. The van der Waals surface area contributed by atoms with Crippen LogP contribution in [0.1, 0.15) is 103 Å². The van der Waals surface area contributed by atoms with Crippen molar-refractivity contribution < 1.29 is 0 Å². The summed E-state index contributed by atoms with van der Waals surface area (Å²) in [5.74, 6) is 1.67. The van der Waals surface area contributed by atoms with E-state index in [-0.39, 0.29) is 10.8 Å². The second-order valence-corrected chi connectivity index (χ2v) is 16.7. The van der Waals surface area contributed by atoms with Crippen LogP contribution in [0, 0.1) is 0 Å². The zero-order chi connectivity index (χ0) is 35.2. The van der Waals surface area contributed by atoms with E-state index in [4.69, 9.17) is 4.98 Å². The molecule has 0 unspecified atom stereocenters. The minimum atomic E-state index is 0.0677. The van der Waals surface area contributed by atoms with E-state index in [1.807, 2.05) is 0 Å². The summed E-state index contributed by atoms with van der Waals surface area (Å²) in [6, 6.07) is 39.9. The van der Waals surface area contributed by atoms with Crippen LogP contribution in [0.2, 0.25) is 0 Å². The molecule has 0 spiro atoms. The Balaban J connectivity index is 1.62. The van der Waals surface area contributed by atoms with Gasteiger partial charge in [-0.25, -0.2) is 4.98 Å². The summed E-state index contributed by atoms with van der Waals surface area (Å²) in [7, 11) is 0. The topological polar surface area (TPSA) is 21.1 Å². The average Bonchev–Trinajstić information content (AvgIpc) is 3.44. The van der Waals surface area contributed by atoms with Gasteiger partial charge in [0.05, 0.1) is 26.9 Å². The maximum Gasteiger partial charge on any atom is 0.146 e. The molecule has 1 aromatic heterocycles. The predicted octanol–water partition coefficient (Wildman–Crippen LogP) is 13.8. The number of nitrogens with zero attached hydrogens (tertiary/aromatic N) is 3. The molecule has 0 fully saturated rings. The summed E-state index contributed by atoms with van der Waals surface area (Å²) in [6.07, 6.45) is 0. The molecule has 4 heteroatoms. The molecule has 49 heavy (non-hydrogen) atoms. The first kappa shape index (κ1) is 34.7. The van der Waals surface area contributed by atoms with Gasteiger partial charge in [0.15, 0.2) is 0 Å². The number of imidazole rings is 1. The van der Waals surface area contributed by atoms with Crippen molar-refractivity contribution in [2.75, 3.05) is 4.90 Å². The smallest absolute Gasteiger partial charge is 0.146 e. The maximum atomic E-state index is 5.37. The van der Waals surface area contributed by atoms with Crippen LogP contribution < -0.4 is 4.90 Å². The molecule has 0 aliphatic carbocycles. The van der Waals surface area contributed by atoms with E-state index in [1.165, 1.54) is 27.8 Å². The summed E-state index contributed by atoms with van der Waals surface area (Å²) in [6.45, 7) is 22.7. The lowest BCUT2D eigenvalue weighted by Gasteiger charge is -2.29. The first-order valence-corrected chi connectivity index (χ1v) is 18.4. The highest BCUT2D eigenvalue weighted by Gasteiger charge is 2.26. The van der Waals surface area contributed by atoms with Gasteiger partial charge < -0.3 is 4.90 Å². The highest BCUT2D eigenvalue weighted by atomic mass is 79.9. The third-order valence-corrected chi connectivity index (χ3v) is 10.4. The largest absolute Gasteiger partial charge is 0.309 e. The minimum absolute atomic E-state index is 0.0677. The Bertz CT molecular complexity index is 2000. The van der Waals surface area contributed by atoms with Gasteiger partial charge in [0.25, 0.3) is 0 Å². The third-order valence-electron chi connectivity index (χ3n) is 9.58. The number of halogens is 1. The molecule has 0 aliphatic rings. The van der Waals surface area contributed by atoms with Gasteiger partial charge in [0.2, 0.25) is 0 Å². The van der Waals surface area contributed by atoms with Gasteiger partial charge in [-0.1, -0.05) is 130 Å². The van der Waals surface area contributed by atoms with E-state index in [1.54, 1.807) is 0 Å². The van der Waals surface area contributed by atoms with Crippen molar-refractivity contribution in [2.45, 2.75) is 91.9 Å². The molecule has 0 bridgehead atoms. The summed E-state index contributed by atoms with van der Waals surface area (Å²) >= 11 is 4.19. The van der Waals surface area contributed by atoms with Crippen molar-refractivity contribution in [1.29, 1.82) is 0 Å². The molecule has 0 atom stereocenters. The SMILES string of the molecule is CC(C)c1cccc(C(C)C)c1-c1nc2ccccc2n1-c1cccc(N(c2ccc(C(C)(C)C)cc2)c2ccc(C(C)(C)C)cc2)c1Br. The maximum absolute atomic E-state index is 5.37. The van der Waals surface area contributed by atoms with Crippen molar-refractivity contribution in [1.82, 2.24) is 9.55 Å². The lowest BCUT2D eigenvalue weighted by atomic mass is 9.86. The van der Waals surface area contributed by atoms with Crippen LogP contribution in [0.5, 0.6) is 0 Å². The van der Waals surface area contributed by atoms with E-state index in [0.717, 1.165) is 44.1 Å². The molecule has 5 aromatic carbocycles. The van der Waals surface area contributed by atoms with Crippen molar-refractivity contribution in [3.63, 3.8) is 0 Å². The minimum Gasteiger partial charge on any atom is -0.309 e. The van der Waals surface area contributed by atoms with Gasteiger partial charge in [-0.2, -0.15) is 0 Å². The Hall–Kier alpha value is -4.15. The van der Waals surface area contributed by atoms with Crippen LogP contribution in [-0.2, 0) is 10.8 Å². The fourth-order valence-corrected chi connectivity index (χ4v) is 7.37. The molecule has 0 N–H and O–H groups in total. The van der Waals surface area contributed by atoms with Crippen LogP contribution in [0.4, 0.5) is 17.1 Å². The highest BCUT2D eigenvalue weighted by molar-refractivity contribution is 9.10. The van der Waals surface area contributed by atoms with E-state index in [2.05, 4.69) is 204 Å². The van der Waals surface area contributed by atoms with Gasteiger partial charge in [0, 0.05) is 16.9 Å². The average molecular weight is 713 g/mol. The van der Waals surface area contributed by atoms with Crippen LogP contribution in [0.15, 0.2) is 114 Å². The Morgan fingerprint density at radius 1 is 0.592 bits per heavy atom. The molecule has 0 radical (unpaired) electrons. The normalized spacial score (nSPS) is 12.3. The molecule has 0 saturated heterocycles. The molecular weight excluding hydrogens is 662 g/mol. The number of anilines is 3. The summed E-state index contributed by atoms with van der Waals surface area (Å²) < 4.78 is 3.37. The molecule has 252 valence electrons. The summed E-state index contributed by atoms with van der Waals surface area (Å²) in [5, 5.41) is 0. The van der Waals surface area contributed by atoms with Gasteiger partial charge in [0.1, 0.15) is 5.82 Å². The lowest BCUT2D eigenvalue weighted by molar-refractivity contribution is 0.590. The Labute approximate surface area is 302 Å². The zero-order valence-corrected chi connectivity index (χ0v) is 32.4. The number of benzene rings is 5. The number of aromatic nitrogens is 2. The lowest BCUT2D eigenvalue weighted by Crippen LogP contribution is -2.15. The van der Waals surface area contributed by atoms with Crippen molar-refractivity contribution >= 4 is 44.0 Å². The monoisotopic (exact) mass is 711 g/mol. The second-order valence-electron chi connectivity index (χ2n) is 15.9. The zero-order valence-electron chi connectivity index (χ0n) is 30.8. The molecule has 6 rings (SSSR count). The molecule has 1 heterocycles. The number of fused-ring (bicyclic) bond motifs is 1. The first-order chi connectivity index (χ1) is 23.2. The second kappa shape index (κ2) is 13.3. The first-order valence-electron chi connectivity index (χ1n) is 17.6. The van der Waals surface area contributed by atoms with Crippen LogP contribution >= 0.6 is 15.9 Å². The van der Waals surface area contributed by atoms with Crippen molar-refractivity contribution in [3.8, 4) is 17.1 Å². The van der Waals surface area contributed by atoms with E-state index >= 15 is 0 Å². The quantitative estimate of drug-likeness (QED) is 0.164. The van der Waals surface area contributed by atoms with Gasteiger partial charge in [-0.3, -0.25) is 4.57 Å². The van der Waals surface area contributed by atoms with Crippen LogP contribution in [-0.4, -0.2) is 9.55 Å². The molecule has 3 nitrogen and oxygen atoms in total. The fraction of sp³-hybridized carbons (Fsp3) is 0.311. The van der Waals surface area contributed by atoms with Crippen LogP contribution in [0.25, 0.3) is 28.1 Å². The van der Waals surface area contributed by atoms with Gasteiger partial charge in [-0.15, -0.1) is 0 Å². The van der Waals surface area contributed by atoms with Crippen molar-refractivity contribution in [3.05, 3.63) is 136 Å². The fourth-order valence-electron chi connectivity index (χ4n) is 6.75. The number of para-hydroxylation sites is 2. The Morgan fingerprint density at radius 3 is 1.57 bits per heavy atom. The Morgan fingerprint density at radius 2 is 1.08 bits per heavy atom. The Kier molecular flexibility index (Phi) is 9.41. The summed E-state index contributed by atoms with van der Waals surface area (Å²) in [4.78, 5) is 7.74. The van der Waals surface area contributed by atoms with Crippen LogP contribution in [0.3, 0.4) is 0 Å². The molecule has 6 aromatic rings. The van der Waals surface area contributed by atoms with E-state index in [0.29, 0.717) is 11.8 Å². The van der Waals surface area contributed by atoms with Gasteiger partial charge in [-0.05, 0) is 109 Å². The molecular formula is C45H50BrN3. The van der Waals surface area contributed by atoms with E-state index in [9.17, 15) is 0 Å². The van der Waals surface area contributed by atoms with E-state index < -0.39 is 0 Å². The predicted molar refractivity (Wildman–Crippen MR) is 214 cm³/mol. The standard InChI is InChI=1S/C45H50BrN3/c1-29(2)35-15-13-16-36(30(3)4)41(35)43-47-37-17-11-12-18-38(37)49(43)40-20-14-19-39(42(40)46)48(33-25-21-31(22-26-33)44(5,6)7)34-27-23-32(24-28-34)45(8,9)10/h11-30H,1-10H3. The number of hydrogen-bond donors (Lipinski definition) is 0. The third kappa shape index (κ3) is 6.73. The highest BCUT2D eigenvalue weighted by Crippen LogP contribution is 2.45.